The zero-order chi connectivity index (χ0) is 24.8. The Hall–Kier alpha value is -2.60. The van der Waals surface area contributed by atoms with Crippen LogP contribution in [0.4, 0.5) is 5.69 Å². The van der Waals surface area contributed by atoms with Crippen LogP contribution >= 0.6 is 35.2 Å². The fraction of sp³-hybridized carbons (Fsp3) is 0.409. The zero-order valence-corrected chi connectivity index (χ0v) is 21.6. The molecule has 0 saturated carbocycles. The van der Waals surface area contributed by atoms with Crippen LogP contribution in [0.25, 0.3) is 0 Å². The molecule has 1 aliphatic heterocycles. The summed E-state index contributed by atoms with van der Waals surface area (Å²) in [4.78, 5) is 47.1. The summed E-state index contributed by atoms with van der Waals surface area (Å²) >= 11 is 12.5. The highest BCUT2D eigenvalue weighted by Gasteiger charge is 2.27. The molecule has 0 bridgehead atoms. The van der Waals surface area contributed by atoms with Gasteiger partial charge in [-0.05, 0) is 25.2 Å². The lowest BCUT2D eigenvalue weighted by atomic mass is 10.2. The Kier molecular flexibility index (Phi) is 8.95. The topological polar surface area (TPSA) is 107 Å². The molecule has 1 aliphatic rings. The van der Waals surface area contributed by atoms with Crippen molar-refractivity contribution in [2.24, 2.45) is 0 Å². The van der Waals surface area contributed by atoms with E-state index in [0.717, 1.165) is 30.1 Å². The molecule has 12 heteroatoms. The molecule has 182 valence electrons. The van der Waals surface area contributed by atoms with Gasteiger partial charge in [0.15, 0.2) is 5.01 Å². The lowest BCUT2D eigenvalue weighted by Crippen LogP contribution is -2.52. The van der Waals surface area contributed by atoms with E-state index >= 15 is 0 Å². The van der Waals surface area contributed by atoms with Gasteiger partial charge in [-0.25, -0.2) is 4.98 Å². The first kappa shape index (κ1) is 26.0. The Morgan fingerprint density at radius 3 is 2.79 bits per heavy atom. The van der Waals surface area contributed by atoms with Crippen LogP contribution in [-0.4, -0.2) is 77.8 Å². The number of anilines is 1. The first-order valence-corrected chi connectivity index (χ1v) is 12.2. The van der Waals surface area contributed by atoms with Gasteiger partial charge in [-0.15, -0.1) is 11.3 Å². The second-order valence-corrected chi connectivity index (χ2v) is 10.2. The molecule has 9 nitrogen and oxygen atoms in total. The smallest absolute Gasteiger partial charge is 0.280 e. The summed E-state index contributed by atoms with van der Waals surface area (Å²) in [5.41, 5.74) is 1.50. The average Bonchev–Trinajstić information content (AvgIpc) is 3.19. The molecule has 0 spiro atoms. The number of thiazole rings is 1. The maximum atomic E-state index is 12.9. The number of hydrogen-bond acceptors (Lipinski definition) is 7. The van der Waals surface area contributed by atoms with Gasteiger partial charge < -0.3 is 25.8 Å². The second kappa shape index (κ2) is 11.7. The van der Waals surface area contributed by atoms with Crippen molar-refractivity contribution in [3.63, 3.8) is 0 Å². The first-order chi connectivity index (χ1) is 16.1. The molecule has 2 heterocycles. The van der Waals surface area contributed by atoms with Gasteiger partial charge in [0.25, 0.3) is 5.91 Å². The maximum absolute atomic E-state index is 12.9. The third-order valence-electron chi connectivity index (χ3n) is 5.09. The van der Waals surface area contributed by atoms with Crippen LogP contribution in [0.3, 0.4) is 0 Å². The van der Waals surface area contributed by atoms with Gasteiger partial charge in [-0.2, -0.15) is 0 Å². The van der Waals surface area contributed by atoms with E-state index in [9.17, 15) is 14.4 Å². The number of benzene rings is 1. The van der Waals surface area contributed by atoms with E-state index in [-0.39, 0.29) is 29.8 Å². The minimum absolute atomic E-state index is 0.0415. The molecule has 1 aromatic carbocycles. The summed E-state index contributed by atoms with van der Waals surface area (Å²) < 4.78 is 0. The van der Waals surface area contributed by atoms with Crippen LogP contribution < -0.4 is 16.0 Å². The van der Waals surface area contributed by atoms with Gasteiger partial charge in [0.05, 0.1) is 17.1 Å². The number of fused-ring (bicyclic) bond motifs is 1. The first-order valence-electron chi connectivity index (χ1n) is 10.6. The number of halogens is 1. The van der Waals surface area contributed by atoms with Crippen molar-refractivity contribution in [1.29, 1.82) is 0 Å². The summed E-state index contributed by atoms with van der Waals surface area (Å²) in [6, 6.07) is 5.91. The van der Waals surface area contributed by atoms with Crippen molar-refractivity contribution < 1.29 is 14.4 Å². The molecule has 2 aromatic rings. The van der Waals surface area contributed by atoms with Crippen molar-refractivity contribution in [3.8, 4) is 0 Å². The molecular formula is C22H27ClN6O3S2. The van der Waals surface area contributed by atoms with E-state index in [2.05, 4.69) is 25.8 Å². The zero-order valence-electron chi connectivity index (χ0n) is 19.2. The number of carbonyl (C=O) groups excluding carboxylic acids is 3. The van der Waals surface area contributed by atoms with Crippen molar-refractivity contribution in [3.05, 3.63) is 44.9 Å². The van der Waals surface area contributed by atoms with Gasteiger partial charge in [0, 0.05) is 55.7 Å². The van der Waals surface area contributed by atoms with Gasteiger partial charge >= 0.3 is 0 Å². The largest absolute Gasteiger partial charge is 0.377 e. The molecule has 0 fully saturated rings. The van der Waals surface area contributed by atoms with Crippen LogP contribution in [0, 0.1) is 0 Å². The molecule has 1 unspecified atom stereocenters. The van der Waals surface area contributed by atoms with Crippen LogP contribution in [0.5, 0.6) is 0 Å². The number of hydrogen-bond donors (Lipinski definition) is 3. The molecule has 3 rings (SSSR count). The fourth-order valence-electron chi connectivity index (χ4n) is 3.35. The number of rotatable bonds is 8. The number of amides is 3. The number of thiocarbonyl (C=S) groups is 1. The third-order valence-corrected chi connectivity index (χ3v) is 6.70. The molecule has 3 amide bonds. The highest BCUT2D eigenvalue weighted by Crippen LogP contribution is 2.24. The van der Waals surface area contributed by atoms with E-state index in [1.54, 1.807) is 38.4 Å². The van der Waals surface area contributed by atoms with Gasteiger partial charge in [0.2, 0.25) is 11.8 Å². The Labute approximate surface area is 212 Å². The summed E-state index contributed by atoms with van der Waals surface area (Å²) in [5.74, 6) is -1.03. The predicted octanol–water partition coefficient (Wildman–Crippen LogP) is 1.92. The van der Waals surface area contributed by atoms with E-state index < -0.39 is 11.9 Å². The molecule has 3 N–H and O–H groups in total. The second-order valence-electron chi connectivity index (χ2n) is 8.17. The van der Waals surface area contributed by atoms with Gasteiger partial charge in [-0.3, -0.25) is 14.4 Å². The molecule has 1 atom stereocenters. The third kappa shape index (κ3) is 7.20. The minimum Gasteiger partial charge on any atom is -0.377 e. The lowest BCUT2D eigenvalue weighted by molar-refractivity contribution is -0.130. The molecular weight excluding hydrogens is 496 g/mol. The maximum Gasteiger partial charge on any atom is 0.280 e. The van der Waals surface area contributed by atoms with Crippen LogP contribution in [0.2, 0.25) is 5.02 Å². The highest BCUT2D eigenvalue weighted by molar-refractivity contribution is 7.80. The SMILES string of the molecule is CN1CCc2nc(C(=O)NC(CNC(=S)CC(=O)Nc3cccc(Cl)c3)C(=O)N(C)C)sc2C1. The van der Waals surface area contributed by atoms with Crippen LogP contribution in [0.1, 0.15) is 26.8 Å². The summed E-state index contributed by atoms with van der Waals surface area (Å²) in [7, 11) is 5.24. The standard InChI is InChI=1S/C22H27ClN6O3S2/c1-28(2)22(32)16(26-20(31)21-27-15-7-8-29(3)12-17(15)34-21)11-24-19(33)10-18(30)25-14-6-4-5-13(23)9-14/h4-6,9,16H,7-8,10-12H2,1-3H3,(H,24,33)(H,25,30)(H,26,31). The fourth-order valence-corrected chi connectivity index (χ4v) is 4.84. The van der Waals surface area contributed by atoms with E-state index in [0.29, 0.717) is 15.7 Å². The highest BCUT2D eigenvalue weighted by atomic mass is 35.5. The van der Waals surface area contributed by atoms with Gasteiger partial charge in [-0.1, -0.05) is 29.9 Å². The normalized spacial score (nSPS) is 14.0. The average molecular weight is 523 g/mol. The molecule has 1 aromatic heterocycles. The number of carbonyl (C=O) groups is 3. The van der Waals surface area contributed by atoms with Crippen LogP contribution in [0.15, 0.2) is 24.3 Å². The van der Waals surface area contributed by atoms with Crippen molar-refractivity contribution >= 4 is 63.6 Å². The van der Waals surface area contributed by atoms with Crippen molar-refractivity contribution in [2.45, 2.75) is 25.4 Å². The molecule has 34 heavy (non-hydrogen) atoms. The van der Waals surface area contributed by atoms with Gasteiger partial charge in [0.1, 0.15) is 6.04 Å². The van der Waals surface area contributed by atoms with E-state index in [4.69, 9.17) is 23.8 Å². The Bertz CT molecular complexity index is 1090. The van der Waals surface area contributed by atoms with Crippen molar-refractivity contribution in [2.75, 3.05) is 39.5 Å². The Balaban J connectivity index is 1.57. The summed E-state index contributed by atoms with van der Waals surface area (Å²) in [6.07, 6.45) is 0.716. The summed E-state index contributed by atoms with van der Waals surface area (Å²) in [6.45, 7) is 1.69. The lowest BCUT2D eigenvalue weighted by Gasteiger charge is -2.22. The quantitative estimate of drug-likeness (QED) is 0.455. The monoisotopic (exact) mass is 522 g/mol. The number of likely N-dealkylation sites (N-methyl/N-ethyl adjacent to an activating group) is 2. The Morgan fingerprint density at radius 1 is 1.32 bits per heavy atom. The molecule has 0 aliphatic carbocycles. The van der Waals surface area contributed by atoms with E-state index in [1.165, 1.54) is 16.2 Å². The van der Waals surface area contributed by atoms with E-state index in [1.807, 2.05) is 7.05 Å². The predicted molar refractivity (Wildman–Crippen MR) is 137 cm³/mol. The summed E-state index contributed by atoms with van der Waals surface area (Å²) in [5, 5.41) is 9.23. The molecule has 0 radical (unpaired) electrons. The number of nitrogens with one attached hydrogen (secondary N) is 3. The Morgan fingerprint density at radius 2 is 2.09 bits per heavy atom. The van der Waals surface area contributed by atoms with Crippen molar-refractivity contribution in [1.82, 2.24) is 25.4 Å². The minimum atomic E-state index is -0.875. The number of aromatic nitrogens is 1. The number of nitrogens with zero attached hydrogens (tertiary/aromatic N) is 3. The van der Waals surface area contributed by atoms with Crippen LogP contribution in [-0.2, 0) is 22.6 Å². The molecule has 0 saturated heterocycles.